The molecule has 0 radical (unpaired) electrons. The minimum atomic E-state index is -0.914. The fraction of sp³-hybridized carbons (Fsp3) is 0.286. The van der Waals surface area contributed by atoms with Crippen molar-refractivity contribution in [2.24, 2.45) is 0 Å². The number of carbonyl (C=O) groups excluding carboxylic acids is 1. The Labute approximate surface area is 110 Å². The molecule has 5 heteroatoms. The van der Waals surface area contributed by atoms with E-state index in [1.807, 2.05) is 41.8 Å². The van der Waals surface area contributed by atoms with Crippen molar-refractivity contribution in [3.05, 3.63) is 36.0 Å². The number of aliphatic carboxylic acids is 1. The molecule has 0 unspecified atom stereocenters. The molecule has 0 bridgehead atoms. The van der Waals surface area contributed by atoms with Crippen LogP contribution in [0.4, 0.5) is 0 Å². The molecule has 1 amide bonds. The van der Waals surface area contributed by atoms with Crippen molar-refractivity contribution in [2.75, 3.05) is 6.54 Å². The van der Waals surface area contributed by atoms with Gasteiger partial charge in [0.1, 0.15) is 6.54 Å². The van der Waals surface area contributed by atoms with Gasteiger partial charge in [-0.3, -0.25) is 9.59 Å². The van der Waals surface area contributed by atoms with E-state index in [0.29, 0.717) is 0 Å². The second-order valence-corrected chi connectivity index (χ2v) is 4.42. The average molecular weight is 260 g/mol. The number of hydrogen-bond donors (Lipinski definition) is 2. The quantitative estimate of drug-likeness (QED) is 0.856. The van der Waals surface area contributed by atoms with Gasteiger partial charge in [0, 0.05) is 17.8 Å². The number of carboxylic acids is 1. The highest BCUT2D eigenvalue weighted by Crippen LogP contribution is 2.18. The lowest BCUT2D eigenvalue weighted by Gasteiger charge is -2.08. The van der Waals surface area contributed by atoms with E-state index < -0.39 is 5.97 Å². The molecule has 1 aromatic carbocycles. The van der Waals surface area contributed by atoms with Crippen LogP contribution in [0.3, 0.4) is 0 Å². The van der Waals surface area contributed by atoms with E-state index in [1.165, 1.54) is 0 Å². The molecule has 19 heavy (non-hydrogen) atoms. The number of para-hydroxylation sites is 1. The first-order valence-corrected chi connectivity index (χ1v) is 6.11. The number of hydrogen-bond acceptors (Lipinski definition) is 2. The Morgan fingerprint density at radius 1 is 1.32 bits per heavy atom. The van der Waals surface area contributed by atoms with E-state index in [2.05, 4.69) is 5.32 Å². The van der Waals surface area contributed by atoms with Crippen LogP contribution in [0.25, 0.3) is 10.9 Å². The molecule has 5 nitrogen and oxygen atoms in total. The summed E-state index contributed by atoms with van der Waals surface area (Å²) in [4.78, 5) is 22.1. The molecule has 0 saturated heterocycles. The fourth-order valence-corrected chi connectivity index (χ4v) is 2.07. The molecule has 0 fully saturated rings. The SMILES string of the molecule is Cc1cc2ccccc2n1CC(=O)NCCC(=O)O. The van der Waals surface area contributed by atoms with Crippen molar-refractivity contribution >= 4 is 22.8 Å². The van der Waals surface area contributed by atoms with E-state index in [4.69, 9.17) is 5.11 Å². The van der Waals surface area contributed by atoms with Crippen LogP contribution in [0.2, 0.25) is 0 Å². The third kappa shape index (κ3) is 3.13. The molecule has 0 saturated carbocycles. The lowest BCUT2D eigenvalue weighted by molar-refractivity contribution is -0.136. The number of aryl methyl sites for hydroxylation is 1. The number of amides is 1. The number of carbonyl (C=O) groups is 2. The van der Waals surface area contributed by atoms with Gasteiger partial charge in [0.2, 0.25) is 5.91 Å². The van der Waals surface area contributed by atoms with Crippen LogP contribution < -0.4 is 5.32 Å². The Morgan fingerprint density at radius 3 is 2.79 bits per heavy atom. The molecule has 2 N–H and O–H groups in total. The molecule has 0 aliphatic rings. The van der Waals surface area contributed by atoms with Crippen molar-refractivity contribution in [1.82, 2.24) is 9.88 Å². The largest absolute Gasteiger partial charge is 0.481 e. The Balaban J connectivity index is 2.06. The van der Waals surface area contributed by atoms with E-state index in [1.54, 1.807) is 0 Å². The van der Waals surface area contributed by atoms with Crippen molar-refractivity contribution in [1.29, 1.82) is 0 Å². The predicted octanol–water partition coefficient (Wildman–Crippen LogP) is 1.54. The summed E-state index contributed by atoms with van der Waals surface area (Å²) >= 11 is 0. The maximum absolute atomic E-state index is 11.8. The first kappa shape index (κ1) is 13.1. The minimum Gasteiger partial charge on any atom is -0.481 e. The van der Waals surface area contributed by atoms with Crippen LogP contribution in [0.15, 0.2) is 30.3 Å². The Hall–Kier alpha value is -2.30. The number of carboxylic acid groups (broad SMARTS) is 1. The summed E-state index contributed by atoms with van der Waals surface area (Å²) < 4.78 is 1.92. The zero-order chi connectivity index (χ0) is 13.8. The van der Waals surface area contributed by atoms with Crippen LogP contribution in [0.1, 0.15) is 12.1 Å². The predicted molar refractivity (Wildman–Crippen MR) is 71.9 cm³/mol. The van der Waals surface area contributed by atoms with Crippen LogP contribution in [0.5, 0.6) is 0 Å². The van der Waals surface area contributed by atoms with Crippen LogP contribution in [-0.4, -0.2) is 28.1 Å². The number of nitrogens with one attached hydrogen (secondary N) is 1. The van der Waals surface area contributed by atoms with Gasteiger partial charge in [-0.15, -0.1) is 0 Å². The van der Waals surface area contributed by atoms with Gasteiger partial charge in [-0.1, -0.05) is 18.2 Å². The van der Waals surface area contributed by atoms with E-state index in [-0.39, 0.29) is 25.4 Å². The van der Waals surface area contributed by atoms with Gasteiger partial charge < -0.3 is 15.0 Å². The Bertz CT molecular complexity index is 616. The van der Waals surface area contributed by atoms with Gasteiger partial charge in [0.25, 0.3) is 0 Å². The maximum Gasteiger partial charge on any atom is 0.305 e. The van der Waals surface area contributed by atoms with Crippen molar-refractivity contribution < 1.29 is 14.7 Å². The first-order chi connectivity index (χ1) is 9.08. The van der Waals surface area contributed by atoms with Gasteiger partial charge in [0.05, 0.1) is 6.42 Å². The summed E-state index contributed by atoms with van der Waals surface area (Å²) in [6.07, 6.45) is -0.0584. The van der Waals surface area contributed by atoms with Gasteiger partial charge >= 0.3 is 5.97 Å². The number of aromatic nitrogens is 1. The number of fused-ring (bicyclic) bond motifs is 1. The Kier molecular flexibility index (Phi) is 3.85. The second kappa shape index (κ2) is 5.56. The van der Waals surface area contributed by atoms with Gasteiger partial charge in [-0.2, -0.15) is 0 Å². The van der Waals surface area contributed by atoms with Crippen LogP contribution in [0, 0.1) is 6.92 Å². The molecule has 2 aromatic rings. The minimum absolute atomic E-state index is 0.0584. The lowest BCUT2D eigenvalue weighted by atomic mass is 10.2. The summed E-state index contributed by atoms with van der Waals surface area (Å²) in [5, 5.41) is 12.2. The zero-order valence-corrected chi connectivity index (χ0v) is 10.7. The molecular weight excluding hydrogens is 244 g/mol. The van der Waals surface area contributed by atoms with Crippen molar-refractivity contribution in [3.8, 4) is 0 Å². The number of benzene rings is 1. The summed E-state index contributed by atoms with van der Waals surface area (Å²) in [6.45, 7) is 2.32. The summed E-state index contributed by atoms with van der Waals surface area (Å²) in [5.41, 5.74) is 2.02. The van der Waals surface area contributed by atoms with Gasteiger partial charge in [-0.05, 0) is 24.4 Å². The highest BCUT2D eigenvalue weighted by Gasteiger charge is 2.09. The average Bonchev–Trinajstić information content (AvgIpc) is 2.66. The van der Waals surface area contributed by atoms with Crippen LogP contribution in [-0.2, 0) is 16.1 Å². The highest BCUT2D eigenvalue weighted by atomic mass is 16.4. The van der Waals surface area contributed by atoms with Crippen LogP contribution >= 0.6 is 0 Å². The molecule has 0 aliphatic heterocycles. The molecular formula is C14H16N2O3. The summed E-state index contributed by atoms with van der Waals surface area (Å²) in [7, 11) is 0. The smallest absolute Gasteiger partial charge is 0.305 e. The molecule has 0 aliphatic carbocycles. The van der Waals surface area contributed by atoms with E-state index >= 15 is 0 Å². The Morgan fingerprint density at radius 2 is 2.05 bits per heavy atom. The second-order valence-electron chi connectivity index (χ2n) is 4.42. The third-order valence-corrected chi connectivity index (χ3v) is 2.98. The van der Waals surface area contributed by atoms with Gasteiger partial charge in [0.15, 0.2) is 0 Å². The van der Waals surface area contributed by atoms with E-state index in [9.17, 15) is 9.59 Å². The van der Waals surface area contributed by atoms with Crippen molar-refractivity contribution in [2.45, 2.75) is 19.9 Å². The molecule has 1 heterocycles. The summed E-state index contributed by atoms with van der Waals surface area (Å²) in [5.74, 6) is -1.09. The fourth-order valence-electron chi connectivity index (χ4n) is 2.07. The lowest BCUT2D eigenvalue weighted by Crippen LogP contribution is -2.29. The maximum atomic E-state index is 11.8. The standard InChI is InChI=1S/C14H16N2O3/c1-10-8-11-4-2-3-5-12(11)16(10)9-13(17)15-7-6-14(18)19/h2-5,8H,6-7,9H2,1H3,(H,15,17)(H,18,19). The van der Waals surface area contributed by atoms with Crippen molar-refractivity contribution in [3.63, 3.8) is 0 Å². The highest BCUT2D eigenvalue weighted by molar-refractivity contribution is 5.84. The normalized spacial score (nSPS) is 10.6. The van der Waals surface area contributed by atoms with Gasteiger partial charge in [-0.25, -0.2) is 0 Å². The third-order valence-electron chi connectivity index (χ3n) is 2.98. The topological polar surface area (TPSA) is 71.3 Å². The summed E-state index contributed by atoms with van der Waals surface area (Å²) in [6, 6.07) is 9.88. The molecule has 1 aromatic heterocycles. The van der Waals surface area contributed by atoms with E-state index in [0.717, 1.165) is 16.6 Å². The number of nitrogens with zero attached hydrogens (tertiary/aromatic N) is 1. The molecule has 100 valence electrons. The molecule has 0 spiro atoms. The molecule has 2 rings (SSSR count). The molecule has 0 atom stereocenters. The first-order valence-electron chi connectivity index (χ1n) is 6.11. The zero-order valence-electron chi connectivity index (χ0n) is 10.7. The monoisotopic (exact) mass is 260 g/mol. The number of rotatable bonds is 5.